The summed E-state index contributed by atoms with van der Waals surface area (Å²) in [6.45, 7) is 20.1. The fourth-order valence-corrected chi connectivity index (χ4v) is 14.1. The number of methoxy groups -OCH3 is 1. The molecule has 0 radical (unpaired) electrons. The van der Waals surface area contributed by atoms with E-state index in [1.54, 1.807) is 86.0 Å². The van der Waals surface area contributed by atoms with E-state index in [4.69, 9.17) is 67.3 Å². The number of benzene rings is 9. The van der Waals surface area contributed by atoms with Gasteiger partial charge in [-0.2, -0.15) is 0 Å². The van der Waals surface area contributed by atoms with Gasteiger partial charge in [-0.05, 0) is 189 Å². The van der Waals surface area contributed by atoms with E-state index in [1.807, 2.05) is 140 Å². The zero-order chi connectivity index (χ0) is 73.8. The first kappa shape index (κ1) is 74.1. The molecule has 20 heteroatoms. The summed E-state index contributed by atoms with van der Waals surface area (Å²) in [4.78, 5) is 7.16. The second kappa shape index (κ2) is 34.4. The van der Waals surface area contributed by atoms with E-state index in [0.29, 0.717) is 71.7 Å². The smallest absolute Gasteiger partial charge is 0.175 e. The Morgan fingerprint density at radius 1 is 0.434 bits per heavy atom. The lowest BCUT2D eigenvalue weighted by Gasteiger charge is -2.38. The van der Waals surface area contributed by atoms with Crippen LogP contribution in [0.2, 0.25) is 15.1 Å². The van der Waals surface area contributed by atoms with E-state index < -0.39 is 12.2 Å². The molecule has 6 heterocycles. The van der Waals surface area contributed by atoms with Crippen molar-refractivity contribution in [2.45, 2.75) is 70.6 Å². The number of aromatic hydroxyl groups is 3. The van der Waals surface area contributed by atoms with Crippen LogP contribution in [0.5, 0.6) is 34.5 Å². The first-order valence-electron chi connectivity index (χ1n) is 35.6. The molecule has 3 aliphatic heterocycles. The molecule has 12 aromatic rings. The summed E-state index contributed by atoms with van der Waals surface area (Å²) in [5.74, 6) is 4.49. The molecule has 0 aliphatic carbocycles. The summed E-state index contributed by atoms with van der Waals surface area (Å²) in [6.07, 6.45) is 2.64. The third-order valence-corrected chi connectivity index (χ3v) is 19.9. The van der Waals surface area contributed by atoms with E-state index in [9.17, 15) is 20.4 Å². The Bertz CT molecular complexity index is 4880. The average molecular weight is 1480 g/mol. The number of halogens is 3. The topological polar surface area (TPSA) is 206 Å². The van der Waals surface area contributed by atoms with Crippen LogP contribution < -0.4 is 14.2 Å². The van der Waals surface area contributed by atoms with Gasteiger partial charge < -0.3 is 52.9 Å². The second-order valence-corrected chi connectivity index (χ2v) is 27.7. The Balaban J connectivity index is 0.000000141. The number of phenolic OH excluding ortho intramolecular Hbond substituents is 3. The van der Waals surface area contributed by atoms with Gasteiger partial charge in [-0.1, -0.05) is 169 Å². The van der Waals surface area contributed by atoms with Crippen molar-refractivity contribution in [1.82, 2.24) is 30.2 Å². The maximum Gasteiger partial charge on any atom is 0.175 e. The standard InChI is InChI=1S/C29H29ClN2O4.C29H27ClN2O3.C28H27ClN2O4/c1-3-16-32-17-23(18-32)35-22-14-10-19(11-15-22)28(34-2)26-27(24-6-4-5-7-25(24)30)31-36-29(26)20-8-12-21(33)13-9-20;1-3-16-32-17-24(18-32)34-23-14-10-20(11-15-23)19(2)27-28(25-6-4-5-7-26(25)30)31-35-29(27)21-8-12-22(33)13-9-21;1-2-15-31-16-22(17-31)34-21-13-9-18(10-14-21)27(33)25-26(23-5-3-4-6-24(23)29)30-35-28(25)19-7-11-20(32)12-8-19/h4-15,23,28,33H,3,16-18H2,1-2H3;4-15,24,33H,2-3,16-18H2,1H3;3-14,22,27,32-33H,2,15-17H2,1H3. The minimum atomic E-state index is -1.02. The molecular weight excluding hydrogens is 1400 g/mol. The van der Waals surface area contributed by atoms with Crippen molar-refractivity contribution in [2.75, 3.05) is 66.0 Å². The lowest BCUT2D eigenvalue weighted by molar-refractivity contribution is 0.0201. The number of likely N-dealkylation sites (tertiary alicyclic amines) is 3. The Labute approximate surface area is 631 Å². The number of phenols is 3. The maximum atomic E-state index is 11.5. The number of aromatic nitrogens is 3. The van der Waals surface area contributed by atoms with Crippen molar-refractivity contribution < 1.29 is 52.9 Å². The van der Waals surface area contributed by atoms with Crippen molar-refractivity contribution in [3.8, 4) is 102 Å². The number of ether oxygens (including phenoxy) is 4. The molecule has 106 heavy (non-hydrogen) atoms. The molecule has 9 aromatic carbocycles. The predicted molar refractivity (Wildman–Crippen MR) is 416 cm³/mol. The monoisotopic (exact) mass is 1480 g/mol. The molecule has 15 rings (SSSR count). The second-order valence-electron chi connectivity index (χ2n) is 26.5. The first-order valence-corrected chi connectivity index (χ1v) is 36.8. The fraction of sp³-hybridized carbons (Fsp3) is 0.244. The molecular formula is C86H83Cl3N6O11. The SMILES string of the molecule is C=C(c1ccc(OC2CN(CCC)C2)cc1)c1c(-c2ccccc2Cl)noc1-c1ccc(O)cc1.CCCN1CC(Oc2ccc(C(O)c3c(-c4ccccc4Cl)noc3-c3ccc(O)cc3)cc2)C1.CCCN1CC(Oc2ccc(C(OC)c3c(-c4ccccc4Cl)noc3-c3ccc(O)cc3)cc2)C1. The molecule has 2 atom stereocenters. The quantitative estimate of drug-likeness (QED) is 0.0420. The van der Waals surface area contributed by atoms with Crippen LogP contribution in [0.4, 0.5) is 0 Å². The van der Waals surface area contributed by atoms with Gasteiger partial charge in [-0.25, -0.2) is 0 Å². The van der Waals surface area contributed by atoms with Crippen LogP contribution in [0.3, 0.4) is 0 Å². The molecule has 0 saturated carbocycles. The molecule has 4 N–H and O–H groups in total. The van der Waals surface area contributed by atoms with Gasteiger partial charge in [0.1, 0.15) is 82.1 Å². The third-order valence-electron chi connectivity index (χ3n) is 18.9. The lowest BCUT2D eigenvalue weighted by Crippen LogP contribution is -2.53. The van der Waals surface area contributed by atoms with E-state index in [0.717, 1.165) is 145 Å². The van der Waals surface area contributed by atoms with Crippen molar-refractivity contribution in [3.05, 3.63) is 273 Å². The Hall–Kier alpha value is -10.2. The highest BCUT2D eigenvalue weighted by atomic mass is 35.5. The fourth-order valence-electron chi connectivity index (χ4n) is 13.4. The summed E-state index contributed by atoms with van der Waals surface area (Å²) in [5, 5.41) is 55.4. The van der Waals surface area contributed by atoms with Crippen LogP contribution in [0.25, 0.3) is 73.3 Å². The number of hydrogen-bond donors (Lipinski definition) is 4. The van der Waals surface area contributed by atoms with E-state index in [1.165, 1.54) is 0 Å². The number of hydrogen-bond acceptors (Lipinski definition) is 17. The van der Waals surface area contributed by atoms with E-state index in [2.05, 4.69) is 57.5 Å². The molecule has 17 nitrogen and oxygen atoms in total. The van der Waals surface area contributed by atoms with Gasteiger partial charge >= 0.3 is 0 Å². The Kier molecular flexibility index (Phi) is 24.0. The zero-order valence-corrected chi connectivity index (χ0v) is 61.6. The van der Waals surface area contributed by atoms with Crippen LogP contribution >= 0.6 is 34.8 Å². The molecule has 3 fully saturated rings. The molecule has 3 aromatic heterocycles. The van der Waals surface area contributed by atoms with E-state index in [-0.39, 0.29) is 35.6 Å². The summed E-state index contributed by atoms with van der Waals surface area (Å²) in [5.41, 5.74) is 11.4. The predicted octanol–water partition coefficient (Wildman–Crippen LogP) is 19.4. The number of rotatable bonds is 25. The summed E-state index contributed by atoms with van der Waals surface area (Å²) in [7, 11) is 1.66. The van der Waals surface area contributed by atoms with Gasteiger partial charge in [0.15, 0.2) is 17.3 Å². The minimum Gasteiger partial charge on any atom is -0.508 e. The van der Waals surface area contributed by atoms with Crippen LogP contribution in [-0.2, 0) is 4.74 Å². The number of aliphatic hydroxyl groups excluding tert-OH is 1. The Morgan fingerprint density at radius 2 is 0.764 bits per heavy atom. The molecule has 544 valence electrons. The largest absolute Gasteiger partial charge is 0.508 e. The molecule has 0 spiro atoms. The van der Waals surface area contributed by atoms with Crippen LogP contribution in [0.15, 0.2) is 239 Å². The summed E-state index contributed by atoms with van der Waals surface area (Å²) >= 11 is 19.5. The average Bonchev–Trinajstić information content (AvgIpc) is 1.62. The third kappa shape index (κ3) is 17.2. The van der Waals surface area contributed by atoms with Gasteiger partial charge in [0.2, 0.25) is 0 Å². The van der Waals surface area contributed by atoms with E-state index >= 15 is 0 Å². The van der Waals surface area contributed by atoms with Gasteiger partial charge in [-0.3, -0.25) is 14.7 Å². The van der Waals surface area contributed by atoms with Gasteiger partial charge in [0, 0.05) is 79.8 Å². The summed E-state index contributed by atoms with van der Waals surface area (Å²) in [6, 6.07) is 66.0. The van der Waals surface area contributed by atoms with Crippen LogP contribution in [0, 0.1) is 0 Å². The van der Waals surface area contributed by atoms with Gasteiger partial charge in [0.05, 0.1) is 31.8 Å². The van der Waals surface area contributed by atoms with Crippen molar-refractivity contribution in [3.63, 3.8) is 0 Å². The highest BCUT2D eigenvalue weighted by Gasteiger charge is 2.34. The van der Waals surface area contributed by atoms with Crippen molar-refractivity contribution in [2.24, 2.45) is 0 Å². The van der Waals surface area contributed by atoms with Gasteiger partial charge in [-0.15, -0.1) is 0 Å². The normalized spacial score (nSPS) is 14.7. The molecule has 3 saturated heterocycles. The molecule has 3 aliphatic rings. The van der Waals surface area contributed by atoms with Crippen LogP contribution in [0.1, 0.15) is 85.6 Å². The molecule has 2 unspecified atom stereocenters. The molecule has 0 amide bonds. The first-order chi connectivity index (χ1) is 51.6. The molecule has 0 bridgehead atoms. The highest BCUT2D eigenvalue weighted by Crippen LogP contribution is 2.46. The van der Waals surface area contributed by atoms with Gasteiger partial charge in [0.25, 0.3) is 0 Å². The zero-order valence-electron chi connectivity index (χ0n) is 59.3. The van der Waals surface area contributed by atoms with Crippen molar-refractivity contribution >= 4 is 40.4 Å². The maximum absolute atomic E-state index is 11.5. The summed E-state index contributed by atoms with van der Waals surface area (Å²) < 4.78 is 41.8. The lowest BCUT2D eigenvalue weighted by atomic mass is 9.93. The highest BCUT2D eigenvalue weighted by molar-refractivity contribution is 6.34. The Morgan fingerprint density at radius 3 is 1.15 bits per heavy atom. The number of aliphatic hydroxyl groups is 1. The minimum absolute atomic E-state index is 0.140. The number of nitrogens with zero attached hydrogens (tertiary/aromatic N) is 6. The van der Waals surface area contributed by atoms with Crippen molar-refractivity contribution in [1.29, 1.82) is 0 Å². The van der Waals surface area contributed by atoms with Crippen LogP contribution in [-0.4, -0.2) is 135 Å².